The second kappa shape index (κ2) is 10.9. The number of rotatable bonds is 5. The summed E-state index contributed by atoms with van der Waals surface area (Å²) in [6.07, 6.45) is 7.78. The van der Waals surface area contributed by atoms with Crippen LogP contribution in [0.2, 0.25) is 0 Å². The van der Waals surface area contributed by atoms with Crippen molar-refractivity contribution >= 4 is 11.8 Å². The van der Waals surface area contributed by atoms with E-state index in [9.17, 15) is 0 Å². The predicted molar refractivity (Wildman–Crippen MR) is 75.4 cm³/mol. The molecule has 0 radical (unpaired) electrons. The number of phenols is 1. The lowest BCUT2D eigenvalue weighted by Crippen LogP contribution is -1.77. The molecule has 0 spiro atoms. The van der Waals surface area contributed by atoms with Crippen LogP contribution >= 0.6 is 11.8 Å². The molecule has 1 aromatic rings. The number of aromatic hydroxyl groups is 1. The van der Waals surface area contributed by atoms with Crippen LogP contribution in [-0.4, -0.2) is 17.1 Å². The molecule has 92 valence electrons. The highest BCUT2D eigenvalue weighted by Crippen LogP contribution is 2.07. The first-order chi connectivity index (χ1) is 7.70. The van der Waals surface area contributed by atoms with E-state index in [4.69, 9.17) is 5.11 Å². The van der Waals surface area contributed by atoms with Crippen molar-refractivity contribution < 1.29 is 5.11 Å². The summed E-state index contributed by atoms with van der Waals surface area (Å²) in [5.41, 5.74) is 1.17. The van der Waals surface area contributed by atoms with Crippen molar-refractivity contribution in [3.8, 4) is 5.75 Å². The van der Waals surface area contributed by atoms with E-state index in [1.54, 1.807) is 12.1 Å². The van der Waals surface area contributed by atoms with Crippen molar-refractivity contribution in [1.82, 2.24) is 0 Å². The summed E-state index contributed by atoms with van der Waals surface area (Å²) >= 11 is 1.95. The van der Waals surface area contributed by atoms with Crippen molar-refractivity contribution in [2.24, 2.45) is 0 Å². The molecule has 0 aliphatic heterocycles. The molecule has 0 aliphatic rings. The third-order valence-corrected chi connectivity index (χ3v) is 2.93. The van der Waals surface area contributed by atoms with E-state index >= 15 is 0 Å². The fourth-order valence-corrected chi connectivity index (χ4v) is 1.71. The second-order valence-corrected chi connectivity index (χ2v) is 4.87. The third kappa shape index (κ3) is 9.91. The van der Waals surface area contributed by atoms with Gasteiger partial charge in [-0.3, -0.25) is 0 Å². The molecule has 0 aliphatic carbocycles. The summed E-state index contributed by atoms with van der Waals surface area (Å²) in [5, 5.41) is 8.76. The number of aryl methyl sites for hydroxylation is 1. The lowest BCUT2D eigenvalue weighted by Gasteiger charge is -1.93. The van der Waals surface area contributed by atoms with Crippen LogP contribution in [0.4, 0.5) is 0 Å². The lowest BCUT2D eigenvalue weighted by atomic mass is 10.2. The van der Waals surface area contributed by atoms with Gasteiger partial charge in [-0.2, -0.15) is 11.8 Å². The quantitative estimate of drug-likeness (QED) is 0.757. The molecule has 0 saturated carbocycles. The van der Waals surface area contributed by atoms with Crippen LogP contribution in [0.5, 0.6) is 5.75 Å². The number of hydrogen-bond acceptors (Lipinski definition) is 2. The van der Waals surface area contributed by atoms with Gasteiger partial charge in [0.05, 0.1) is 0 Å². The van der Waals surface area contributed by atoms with Crippen LogP contribution in [-0.2, 0) is 0 Å². The highest BCUT2D eigenvalue weighted by Gasteiger charge is 1.83. The van der Waals surface area contributed by atoms with E-state index in [0.29, 0.717) is 5.75 Å². The number of phenolic OH excluding ortho intramolecular Hbond substituents is 1. The minimum absolute atomic E-state index is 0.329. The first kappa shape index (κ1) is 15.4. The van der Waals surface area contributed by atoms with Gasteiger partial charge in [0.15, 0.2) is 0 Å². The fraction of sp³-hybridized carbons (Fsp3) is 0.571. The molecule has 0 atom stereocenters. The summed E-state index contributed by atoms with van der Waals surface area (Å²) in [6.45, 7) is 4.23. The van der Waals surface area contributed by atoms with Crippen LogP contribution in [0.3, 0.4) is 0 Å². The maximum absolute atomic E-state index is 8.76. The Kier molecular flexibility index (Phi) is 10.4. The van der Waals surface area contributed by atoms with Gasteiger partial charge in [0.25, 0.3) is 0 Å². The van der Waals surface area contributed by atoms with Gasteiger partial charge >= 0.3 is 0 Å². The van der Waals surface area contributed by atoms with Crippen LogP contribution in [0.15, 0.2) is 24.3 Å². The van der Waals surface area contributed by atoms with Crippen molar-refractivity contribution in [2.75, 3.05) is 12.0 Å². The summed E-state index contributed by atoms with van der Waals surface area (Å²) < 4.78 is 0. The molecular formula is C14H24OS. The molecule has 0 amide bonds. The lowest BCUT2D eigenvalue weighted by molar-refractivity contribution is 0.475. The van der Waals surface area contributed by atoms with E-state index < -0.39 is 0 Å². The Bertz CT molecular complexity index is 216. The van der Waals surface area contributed by atoms with Crippen LogP contribution in [0.1, 0.15) is 38.2 Å². The van der Waals surface area contributed by atoms with Crippen molar-refractivity contribution in [2.45, 2.75) is 39.5 Å². The molecule has 0 unspecified atom stereocenters. The zero-order valence-corrected chi connectivity index (χ0v) is 11.5. The van der Waals surface area contributed by atoms with Crippen molar-refractivity contribution in [3.63, 3.8) is 0 Å². The number of benzene rings is 1. The molecule has 2 heteroatoms. The highest BCUT2D eigenvalue weighted by molar-refractivity contribution is 7.98. The minimum atomic E-state index is 0.329. The molecule has 16 heavy (non-hydrogen) atoms. The second-order valence-electron chi connectivity index (χ2n) is 3.89. The summed E-state index contributed by atoms with van der Waals surface area (Å²) in [7, 11) is 0. The Hall–Kier alpha value is -0.630. The Morgan fingerprint density at radius 2 is 1.69 bits per heavy atom. The number of thioether (sulfide) groups is 1. The minimum Gasteiger partial charge on any atom is -0.508 e. The van der Waals surface area contributed by atoms with Crippen molar-refractivity contribution in [3.05, 3.63) is 29.8 Å². The van der Waals surface area contributed by atoms with Gasteiger partial charge in [0, 0.05) is 0 Å². The third-order valence-electron chi connectivity index (χ3n) is 2.24. The largest absolute Gasteiger partial charge is 0.508 e. The fourth-order valence-electron chi connectivity index (χ4n) is 1.22. The smallest absolute Gasteiger partial charge is 0.115 e. The Labute approximate surface area is 104 Å². The zero-order chi connectivity index (χ0) is 12.2. The number of hydrogen-bond donors (Lipinski definition) is 1. The molecule has 0 fully saturated rings. The molecule has 1 nitrogen and oxygen atoms in total. The number of unbranched alkanes of at least 4 members (excludes halogenated alkanes) is 3. The van der Waals surface area contributed by atoms with E-state index in [-0.39, 0.29) is 0 Å². The average molecular weight is 240 g/mol. The normalized spacial score (nSPS) is 9.44. The van der Waals surface area contributed by atoms with E-state index in [1.807, 2.05) is 30.8 Å². The monoisotopic (exact) mass is 240 g/mol. The zero-order valence-electron chi connectivity index (χ0n) is 10.7. The molecular weight excluding hydrogens is 216 g/mol. The molecule has 0 saturated heterocycles. The van der Waals surface area contributed by atoms with E-state index in [1.165, 1.54) is 37.0 Å². The van der Waals surface area contributed by atoms with Gasteiger partial charge in [0.1, 0.15) is 5.75 Å². The topological polar surface area (TPSA) is 20.2 Å². The van der Waals surface area contributed by atoms with Gasteiger partial charge in [0.2, 0.25) is 0 Å². The van der Waals surface area contributed by atoms with Crippen molar-refractivity contribution in [1.29, 1.82) is 0 Å². The summed E-state index contributed by atoms with van der Waals surface area (Å²) in [6, 6.07) is 7.09. The maximum Gasteiger partial charge on any atom is 0.115 e. The molecule has 1 N–H and O–H groups in total. The van der Waals surface area contributed by atoms with Crippen LogP contribution < -0.4 is 0 Å². The molecule has 0 heterocycles. The van der Waals surface area contributed by atoms with Crippen LogP contribution in [0, 0.1) is 6.92 Å². The maximum atomic E-state index is 8.76. The first-order valence-electron chi connectivity index (χ1n) is 5.95. The van der Waals surface area contributed by atoms with Gasteiger partial charge in [-0.15, -0.1) is 0 Å². The van der Waals surface area contributed by atoms with Gasteiger partial charge in [-0.1, -0.05) is 43.9 Å². The van der Waals surface area contributed by atoms with Gasteiger partial charge < -0.3 is 5.11 Å². The SMILES string of the molecule is CCCCCCSC.Cc1ccc(O)cc1. The predicted octanol–water partition coefficient (Wildman–Crippen LogP) is 4.63. The molecule has 0 aromatic heterocycles. The summed E-state index contributed by atoms with van der Waals surface area (Å²) in [4.78, 5) is 0. The average Bonchev–Trinajstić information content (AvgIpc) is 2.30. The van der Waals surface area contributed by atoms with E-state index in [0.717, 1.165) is 0 Å². The molecule has 1 aromatic carbocycles. The first-order valence-corrected chi connectivity index (χ1v) is 7.34. The molecule has 0 bridgehead atoms. The van der Waals surface area contributed by atoms with E-state index in [2.05, 4.69) is 13.2 Å². The standard InChI is InChI=1S/C7H8O.C7H16S/c1-6-2-4-7(8)5-3-6;1-3-4-5-6-7-8-2/h2-5,8H,1H3;3-7H2,1-2H3. The van der Waals surface area contributed by atoms with Gasteiger partial charge in [-0.05, 0) is 37.5 Å². The summed E-state index contributed by atoms with van der Waals surface area (Å²) in [5.74, 6) is 1.68. The molecule has 1 rings (SSSR count). The highest BCUT2D eigenvalue weighted by atomic mass is 32.2. The van der Waals surface area contributed by atoms with Crippen LogP contribution in [0.25, 0.3) is 0 Å². The van der Waals surface area contributed by atoms with Gasteiger partial charge in [-0.25, -0.2) is 0 Å². The Morgan fingerprint density at radius 3 is 2.12 bits per heavy atom. The Balaban J connectivity index is 0.000000281. The Morgan fingerprint density at radius 1 is 1.06 bits per heavy atom.